The number of aromatic hydroxyl groups is 1. The second kappa shape index (κ2) is 5.56. The van der Waals surface area contributed by atoms with Gasteiger partial charge in [0.25, 0.3) is 0 Å². The monoisotopic (exact) mass is 282 g/mol. The van der Waals surface area contributed by atoms with Crippen molar-refractivity contribution in [1.82, 2.24) is 9.88 Å². The van der Waals surface area contributed by atoms with Crippen LogP contribution in [0.5, 0.6) is 5.75 Å². The van der Waals surface area contributed by atoms with Crippen LogP contribution < -0.4 is 0 Å². The molecule has 1 saturated carbocycles. The van der Waals surface area contributed by atoms with Crippen molar-refractivity contribution in [2.24, 2.45) is 0 Å². The van der Waals surface area contributed by atoms with E-state index < -0.39 is 0 Å². The van der Waals surface area contributed by atoms with Gasteiger partial charge in [0, 0.05) is 25.2 Å². The first-order chi connectivity index (χ1) is 10.1. The molecule has 2 atom stereocenters. The van der Waals surface area contributed by atoms with Crippen LogP contribution in [0, 0.1) is 0 Å². The van der Waals surface area contributed by atoms with Gasteiger partial charge in [-0.1, -0.05) is 30.3 Å². The topological polar surface area (TPSA) is 53.4 Å². The summed E-state index contributed by atoms with van der Waals surface area (Å²) >= 11 is 0. The summed E-state index contributed by atoms with van der Waals surface area (Å²) in [6.45, 7) is 0. The van der Waals surface area contributed by atoms with E-state index in [1.165, 1.54) is 11.8 Å². The Morgan fingerprint density at radius 1 is 1.33 bits per heavy atom. The molecule has 0 aliphatic heterocycles. The first-order valence-electron chi connectivity index (χ1n) is 7.08. The standard InChI is InChI=1S/C17H18N2O2/c1-19(16-9-15(16)13-5-3-2-4-6-13)17(21)8-12-7-14(20)11-18-10-12/h2-7,10-11,15-16,20H,8-9H2,1H3/t15-,16+/m0/s1. The van der Waals surface area contributed by atoms with Gasteiger partial charge in [-0.15, -0.1) is 0 Å². The predicted octanol–water partition coefficient (Wildman–Crippen LogP) is 2.34. The lowest BCUT2D eigenvalue weighted by Crippen LogP contribution is -2.31. The molecule has 0 bridgehead atoms. The van der Waals surface area contributed by atoms with Gasteiger partial charge in [0.15, 0.2) is 0 Å². The van der Waals surface area contributed by atoms with Gasteiger partial charge >= 0.3 is 0 Å². The molecule has 0 radical (unpaired) electrons. The third-order valence-electron chi connectivity index (χ3n) is 4.01. The normalized spacial score (nSPS) is 20.0. The Hall–Kier alpha value is -2.36. The molecule has 3 rings (SSSR count). The first-order valence-corrected chi connectivity index (χ1v) is 7.08. The van der Waals surface area contributed by atoms with E-state index in [4.69, 9.17) is 0 Å². The van der Waals surface area contributed by atoms with Crippen LogP contribution in [0.15, 0.2) is 48.8 Å². The number of nitrogens with zero attached hydrogens (tertiary/aromatic N) is 2. The number of benzene rings is 1. The average Bonchev–Trinajstić information content (AvgIpc) is 3.28. The summed E-state index contributed by atoms with van der Waals surface area (Å²) in [5, 5.41) is 9.39. The summed E-state index contributed by atoms with van der Waals surface area (Å²) in [4.78, 5) is 18.0. The maximum Gasteiger partial charge on any atom is 0.227 e. The van der Waals surface area contributed by atoms with E-state index in [1.54, 1.807) is 12.3 Å². The lowest BCUT2D eigenvalue weighted by molar-refractivity contribution is -0.129. The van der Waals surface area contributed by atoms with Crippen molar-refractivity contribution in [2.45, 2.75) is 24.8 Å². The highest BCUT2D eigenvalue weighted by Crippen LogP contribution is 2.44. The Bertz CT molecular complexity index is 642. The zero-order valence-electron chi connectivity index (χ0n) is 11.9. The molecule has 1 aliphatic carbocycles. The fraction of sp³-hybridized carbons (Fsp3) is 0.294. The number of carbonyl (C=O) groups excluding carboxylic acids is 1. The summed E-state index contributed by atoms with van der Waals surface area (Å²) in [5.41, 5.74) is 2.03. The van der Waals surface area contributed by atoms with Crippen molar-refractivity contribution in [1.29, 1.82) is 0 Å². The number of pyridine rings is 1. The number of rotatable bonds is 4. The molecule has 21 heavy (non-hydrogen) atoms. The van der Waals surface area contributed by atoms with Gasteiger partial charge in [0.1, 0.15) is 5.75 Å². The van der Waals surface area contributed by atoms with Crippen LogP contribution in [-0.2, 0) is 11.2 Å². The molecule has 1 aliphatic rings. The van der Waals surface area contributed by atoms with Crippen molar-refractivity contribution in [3.05, 3.63) is 59.9 Å². The van der Waals surface area contributed by atoms with Crippen LogP contribution >= 0.6 is 0 Å². The van der Waals surface area contributed by atoms with Crippen molar-refractivity contribution in [3.63, 3.8) is 0 Å². The SMILES string of the molecule is CN(C(=O)Cc1cncc(O)c1)[C@@H]1C[C@H]1c1ccccc1. The Morgan fingerprint density at radius 2 is 2.10 bits per heavy atom. The van der Waals surface area contributed by atoms with Crippen LogP contribution in [0.3, 0.4) is 0 Å². The molecule has 1 N–H and O–H groups in total. The Labute approximate surface area is 124 Å². The Morgan fingerprint density at radius 3 is 2.81 bits per heavy atom. The highest BCUT2D eigenvalue weighted by atomic mass is 16.3. The van der Waals surface area contributed by atoms with E-state index in [0.717, 1.165) is 12.0 Å². The van der Waals surface area contributed by atoms with Gasteiger partial charge in [-0.3, -0.25) is 9.78 Å². The van der Waals surface area contributed by atoms with Crippen LogP contribution in [0.1, 0.15) is 23.5 Å². The minimum absolute atomic E-state index is 0.0610. The zero-order valence-corrected chi connectivity index (χ0v) is 11.9. The fourth-order valence-corrected chi connectivity index (χ4v) is 2.72. The molecule has 108 valence electrons. The van der Waals surface area contributed by atoms with Gasteiger partial charge in [0.2, 0.25) is 5.91 Å². The molecular formula is C17H18N2O2. The average molecular weight is 282 g/mol. The number of amides is 1. The molecule has 2 aromatic rings. The molecule has 1 fully saturated rings. The van der Waals surface area contributed by atoms with Crippen molar-refractivity contribution >= 4 is 5.91 Å². The largest absolute Gasteiger partial charge is 0.506 e. The van der Waals surface area contributed by atoms with Crippen molar-refractivity contribution < 1.29 is 9.90 Å². The van der Waals surface area contributed by atoms with Crippen LogP contribution in [0.2, 0.25) is 0 Å². The smallest absolute Gasteiger partial charge is 0.227 e. The molecule has 4 heteroatoms. The Kier molecular flexibility index (Phi) is 3.60. The summed E-state index contributed by atoms with van der Waals surface area (Å²) in [6.07, 6.45) is 4.28. The minimum Gasteiger partial charge on any atom is -0.506 e. The fourth-order valence-electron chi connectivity index (χ4n) is 2.72. The quantitative estimate of drug-likeness (QED) is 0.936. The zero-order chi connectivity index (χ0) is 14.8. The summed E-state index contributed by atoms with van der Waals surface area (Å²) in [5.74, 6) is 0.602. The molecule has 0 unspecified atom stereocenters. The maximum absolute atomic E-state index is 12.3. The van der Waals surface area contributed by atoms with Crippen molar-refractivity contribution in [2.75, 3.05) is 7.05 Å². The number of likely N-dealkylation sites (N-methyl/N-ethyl adjacent to an activating group) is 1. The molecule has 1 aromatic carbocycles. The van der Waals surface area contributed by atoms with Crippen LogP contribution in [-0.4, -0.2) is 34.0 Å². The lowest BCUT2D eigenvalue weighted by Gasteiger charge is -2.17. The van der Waals surface area contributed by atoms with Gasteiger partial charge in [-0.25, -0.2) is 0 Å². The second-order valence-corrected chi connectivity index (χ2v) is 5.55. The third kappa shape index (κ3) is 3.05. The molecule has 1 amide bonds. The van der Waals surface area contributed by atoms with Crippen molar-refractivity contribution in [3.8, 4) is 5.75 Å². The third-order valence-corrected chi connectivity index (χ3v) is 4.01. The van der Waals surface area contributed by atoms with Gasteiger partial charge < -0.3 is 10.0 Å². The van der Waals surface area contributed by atoms with E-state index in [0.29, 0.717) is 5.92 Å². The lowest BCUT2D eigenvalue weighted by atomic mass is 10.1. The van der Waals surface area contributed by atoms with E-state index in [9.17, 15) is 9.90 Å². The number of hydrogen-bond acceptors (Lipinski definition) is 3. The molecule has 4 nitrogen and oxygen atoms in total. The van der Waals surface area contributed by atoms with E-state index >= 15 is 0 Å². The van der Waals surface area contributed by atoms with E-state index in [-0.39, 0.29) is 24.1 Å². The summed E-state index contributed by atoms with van der Waals surface area (Å²) in [6, 6.07) is 12.2. The minimum atomic E-state index is 0.0610. The van der Waals surface area contributed by atoms with E-state index in [1.807, 2.05) is 30.1 Å². The first kappa shape index (κ1) is 13.6. The maximum atomic E-state index is 12.3. The number of aromatic nitrogens is 1. The predicted molar refractivity (Wildman–Crippen MR) is 80.0 cm³/mol. The highest BCUT2D eigenvalue weighted by Gasteiger charge is 2.42. The molecule has 1 heterocycles. The summed E-state index contributed by atoms with van der Waals surface area (Å²) < 4.78 is 0. The Balaban J connectivity index is 1.61. The molecule has 0 saturated heterocycles. The molecule has 1 aromatic heterocycles. The highest BCUT2D eigenvalue weighted by molar-refractivity contribution is 5.79. The van der Waals surface area contributed by atoms with E-state index in [2.05, 4.69) is 17.1 Å². The van der Waals surface area contributed by atoms with Crippen LogP contribution in [0.4, 0.5) is 0 Å². The van der Waals surface area contributed by atoms with Gasteiger partial charge in [0.05, 0.1) is 12.6 Å². The number of hydrogen-bond donors (Lipinski definition) is 1. The molecule has 0 spiro atoms. The second-order valence-electron chi connectivity index (χ2n) is 5.55. The number of carbonyl (C=O) groups is 1. The van der Waals surface area contributed by atoms with Gasteiger partial charge in [-0.05, 0) is 23.6 Å². The molecular weight excluding hydrogens is 264 g/mol. The van der Waals surface area contributed by atoms with Crippen LogP contribution in [0.25, 0.3) is 0 Å². The summed E-state index contributed by atoms with van der Waals surface area (Å²) in [7, 11) is 1.85. The van der Waals surface area contributed by atoms with Gasteiger partial charge in [-0.2, -0.15) is 0 Å².